The lowest BCUT2D eigenvalue weighted by molar-refractivity contribution is -0.130. The summed E-state index contributed by atoms with van der Waals surface area (Å²) in [5.41, 5.74) is 2.29. The Balaban J connectivity index is 1.58. The zero-order valence-corrected chi connectivity index (χ0v) is 13.5. The van der Waals surface area contributed by atoms with E-state index >= 15 is 0 Å². The minimum atomic E-state index is -0.941. The summed E-state index contributed by atoms with van der Waals surface area (Å²) in [6.07, 6.45) is 1.81. The van der Waals surface area contributed by atoms with Gasteiger partial charge in [0.15, 0.2) is 0 Å². The average Bonchev–Trinajstić information content (AvgIpc) is 3.11. The van der Waals surface area contributed by atoms with Crippen molar-refractivity contribution in [2.45, 2.75) is 25.2 Å². The smallest absolute Gasteiger partial charge is 0.335 e. The topological polar surface area (TPSA) is 57.6 Å². The highest BCUT2D eigenvalue weighted by Gasteiger charge is 2.27. The molecule has 124 valence electrons. The summed E-state index contributed by atoms with van der Waals surface area (Å²) in [6, 6.07) is 17.2. The van der Waals surface area contributed by atoms with Gasteiger partial charge in [-0.05, 0) is 30.0 Å². The SMILES string of the molecule is O=C(O)c1ccccc1CCC(=O)N1CCC(c2ccccc2)C1. The maximum absolute atomic E-state index is 12.5. The van der Waals surface area contributed by atoms with Crippen molar-refractivity contribution in [2.75, 3.05) is 13.1 Å². The van der Waals surface area contributed by atoms with Gasteiger partial charge < -0.3 is 10.0 Å². The molecule has 0 saturated carbocycles. The predicted molar refractivity (Wildman–Crippen MR) is 92.1 cm³/mol. The number of amides is 1. The molecule has 3 rings (SSSR count). The van der Waals surface area contributed by atoms with Crippen LogP contribution in [0.3, 0.4) is 0 Å². The highest BCUT2D eigenvalue weighted by Crippen LogP contribution is 2.27. The second kappa shape index (κ2) is 7.30. The largest absolute Gasteiger partial charge is 0.478 e. The second-order valence-corrected chi connectivity index (χ2v) is 6.20. The van der Waals surface area contributed by atoms with Crippen LogP contribution in [0, 0.1) is 0 Å². The number of carbonyl (C=O) groups excluding carboxylic acids is 1. The minimum Gasteiger partial charge on any atom is -0.478 e. The van der Waals surface area contributed by atoms with Gasteiger partial charge in [0.05, 0.1) is 5.56 Å². The van der Waals surface area contributed by atoms with Crippen molar-refractivity contribution >= 4 is 11.9 Å². The van der Waals surface area contributed by atoms with E-state index in [9.17, 15) is 14.7 Å². The summed E-state index contributed by atoms with van der Waals surface area (Å²) in [4.78, 5) is 25.6. The summed E-state index contributed by atoms with van der Waals surface area (Å²) in [7, 11) is 0. The van der Waals surface area contributed by atoms with Crippen molar-refractivity contribution in [1.82, 2.24) is 4.90 Å². The van der Waals surface area contributed by atoms with E-state index in [4.69, 9.17) is 0 Å². The number of nitrogens with zero attached hydrogens (tertiary/aromatic N) is 1. The fraction of sp³-hybridized carbons (Fsp3) is 0.300. The van der Waals surface area contributed by atoms with E-state index in [2.05, 4.69) is 12.1 Å². The fourth-order valence-electron chi connectivity index (χ4n) is 3.33. The maximum atomic E-state index is 12.5. The van der Waals surface area contributed by atoms with Crippen LogP contribution in [-0.2, 0) is 11.2 Å². The van der Waals surface area contributed by atoms with Crippen LogP contribution in [0.25, 0.3) is 0 Å². The Bertz CT molecular complexity index is 727. The molecule has 1 amide bonds. The van der Waals surface area contributed by atoms with Crippen LogP contribution in [0.5, 0.6) is 0 Å². The van der Waals surface area contributed by atoms with E-state index in [0.29, 0.717) is 18.8 Å². The highest BCUT2D eigenvalue weighted by atomic mass is 16.4. The third kappa shape index (κ3) is 3.65. The molecule has 0 aromatic heterocycles. The maximum Gasteiger partial charge on any atom is 0.335 e. The lowest BCUT2D eigenvalue weighted by Crippen LogP contribution is -2.28. The zero-order chi connectivity index (χ0) is 16.9. The Morgan fingerprint density at radius 1 is 1.04 bits per heavy atom. The van der Waals surface area contributed by atoms with E-state index in [1.165, 1.54) is 5.56 Å². The van der Waals surface area contributed by atoms with Crippen LogP contribution in [0.2, 0.25) is 0 Å². The van der Waals surface area contributed by atoms with Gasteiger partial charge in [0.1, 0.15) is 0 Å². The van der Waals surface area contributed by atoms with Crippen molar-refractivity contribution < 1.29 is 14.7 Å². The number of carboxylic acid groups (broad SMARTS) is 1. The quantitative estimate of drug-likeness (QED) is 0.918. The van der Waals surface area contributed by atoms with Crippen LogP contribution < -0.4 is 0 Å². The number of hydrogen-bond donors (Lipinski definition) is 1. The second-order valence-electron chi connectivity index (χ2n) is 6.20. The molecule has 0 bridgehead atoms. The molecule has 1 saturated heterocycles. The summed E-state index contributed by atoms with van der Waals surface area (Å²) < 4.78 is 0. The predicted octanol–water partition coefficient (Wildman–Crippen LogP) is 3.33. The number of rotatable bonds is 5. The van der Waals surface area contributed by atoms with Gasteiger partial charge in [-0.3, -0.25) is 4.79 Å². The third-order valence-corrected chi connectivity index (χ3v) is 4.67. The molecule has 2 aromatic rings. The first-order valence-electron chi connectivity index (χ1n) is 8.29. The van der Waals surface area contributed by atoms with Gasteiger partial charge in [0.25, 0.3) is 0 Å². The van der Waals surface area contributed by atoms with E-state index < -0.39 is 5.97 Å². The molecule has 1 N–H and O–H groups in total. The molecule has 0 spiro atoms. The molecular formula is C20H21NO3. The Morgan fingerprint density at radius 3 is 2.50 bits per heavy atom. The molecule has 24 heavy (non-hydrogen) atoms. The number of benzene rings is 2. The van der Waals surface area contributed by atoms with Crippen molar-refractivity contribution in [2.24, 2.45) is 0 Å². The molecule has 2 aromatic carbocycles. The lowest BCUT2D eigenvalue weighted by Gasteiger charge is -2.17. The number of carbonyl (C=O) groups is 2. The molecule has 1 aliphatic rings. The fourth-order valence-corrected chi connectivity index (χ4v) is 3.33. The number of carboxylic acids is 1. The first kappa shape index (κ1) is 16.2. The number of aryl methyl sites for hydroxylation is 1. The molecule has 1 atom stereocenters. The molecule has 1 aliphatic heterocycles. The molecule has 1 heterocycles. The molecule has 1 unspecified atom stereocenters. The lowest BCUT2D eigenvalue weighted by atomic mass is 9.99. The van der Waals surface area contributed by atoms with Gasteiger partial charge in [-0.1, -0.05) is 48.5 Å². The normalized spacial score (nSPS) is 17.0. The van der Waals surface area contributed by atoms with Crippen molar-refractivity contribution in [3.05, 3.63) is 71.3 Å². The van der Waals surface area contributed by atoms with Gasteiger partial charge in [-0.15, -0.1) is 0 Å². The number of likely N-dealkylation sites (tertiary alicyclic amines) is 1. The summed E-state index contributed by atoms with van der Waals surface area (Å²) in [5, 5.41) is 9.21. The van der Waals surface area contributed by atoms with E-state index in [1.807, 2.05) is 29.2 Å². The molecule has 0 aliphatic carbocycles. The Labute approximate surface area is 141 Å². The molecule has 0 radical (unpaired) electrons. The molecular weight excluding hydrogens is 302 g/mol. The highest BCUT2D eigenvalue weighted by molar-refractivity contribution is 5.89. The van der Waals surface area contributed by atoms with Gasteiger partial charge >= 0.3 is 5.97 Å². The Hall–Kier alpha value is -2.62. The van der Waals surface area contributed by atoms with Crippen molar-refractivity contribution in [3.8, 4) is 0 Å². The van der Waals surface area contributed by atoms with E-state index in [-0.39, 0.29) is 11.5 Å². The summed E-state index contributed by atoms with van der Waals surface area (Å²) in [5.74, 6) is -0.432. The number of hydrogen-bond acceptors (Lipinski definition) is 2. The van der Waals surface area contributed by atoms with Crippen molar-refractivity contribution in [1.29, 1.82) is 0 Å². The third-order valence-electron chi connectivity index (χ3n) is 4.67. The van der Waals surface area contributed by atoms with Crippen LogP contribution in [-0.4, -0.2) is 35.0 Å². The van der Waals surface area contributed by atoms with Crippen LogP contribution in [0.15, 0.2) is 54.6 Å². The summed E-state index contributed by atoms with van der Waals surface area (Å²) in [6.45, 7) is 1.53. The number of aromatic carboxylic acids is 1. The van der Waals surface area contributed by atoms with Crippen LogP contribution in [0.1, 0.15) is 40.2 Å². The van der Waals surface area contributed by atoms with Gasteiger partial charge in [0.2, 0.25) is 5.91 Å². The molecule has 1 fully saturated rings. The first-order valence-corrected chi connectivity index (χ1v) is 8.29. The zero-order valence-electron chi connectivity index (χ0n) is 13.5. The minimum absolute atomic E-state index is 0.105. The monoisotopic (exact) mass is 323 g/mol. The van der Waals surface area contributed by atoms with Crippen molar-refractivity contribution in [3.63, 3.8) is 0 Å². The Kier molecular flexibility index (Phi) is 4.94. The van der Waals surface area contributed by atoms with Gasteiger partial charge in [-0.2, -0.15) is 0 Å². The van der Waals surface area contributed by atoms with E-state index in [1.54, 1.807) is 18.2 Å². The average molecular weight is 323 g/mol. The summed E-state index contributed by atoms with van der Waals surface area (Å²) >= 11 is 0. The van der Waals surface area contributed by atoms with Crippen LogP contribution in [0.4, 0.5) is 0 Å². The standard InChI is InChI=1S/C20H21NO3/c22-19(11-10-16-8-4-5-9-18(16)20(23)24)21-13-12-17(14-21)15-6-2-1-3-7-15/h1-9,17H,10-14H2,(H,23,24). The van der Waals surface area contributed by atoms with E-state index in [0.717, 1.165) is 25.1 Å². The molecule has 4 heteroatoms. The van der Waals surface area contributed by atoms with Crippen LogP contribution >= 0.6 is 0 Å². The molecule has 4 nitrogen and oxygen atoms in total. The van der Waals surface area contributed by atoms with Gasteiger partial charge in [0, 0.05) is 25.4 Å². The Morgan fingerprint density at radius 2 is 1.75 bits per heavy atom. The first-order chi connectivity index (χ1) is 11.6. The van der Waals surface area contributed by atoms with Gasteiger partial charge in [-0.25, -0.2) is 4.79 Å².